The highest BCUT2D eigenvalue weighted by atomic mass is 16.5. The van der Waals surface area contributed by atoms with Crippen molar-refractivity contribution in [3.8, 4) is 0 Å². The van der Waals surface area contributed by atoms with Crippen molar-refractivity contribution in [1.29, 1.82) is 0 Å². The number of nitrogens with zero attached hydrogens (tertiary/aromatic N) is 5. The van der Waals surface area contributed by atoms with Gasteiger partial charge in [-0.05, 0) is 44.5 Å². The fraction of sp³-hybridized carbons (Fsp3) is 0.368. The van der Waals surface area contributed by atoms with E-state index in [1.165, 1.54) is 0 Å². The van der Waals surface area contributed by atoms with Gasteiger partial charge in [-0.15, -0.1) is 0 Å². The Balaban J connectivity index is 1.59. The van der Waals surface area contributed by atoms with Gasteiger partial charge < -0.3 is 9.64 Å². The summed E-state index contributed by atoms with van der Waals surface area (Å²) in [7, 11) is 0. The Morgan fingerprint density at radius 2 is 2.04 bits per heavy atom. The molecule has 1 fully saturated rings. The summed E-state index contributed by atoms with van der Waals surface area (Å²) < 4.78 is 7.58. The fourth-order valence-corrected chi connectivity index (χ4v) is 3.36. The van der Waals surface area contributed by atoms with Crippen LogP contribution in [-0.4, -0.2) is 50.1 Å². The van der Waals surface area contributed by atoms with Crippen LogP contribution in [0.2, 0.25) is 0 Å². The van der Waals surface area contributed by atoms with Gasteiger partial charge >= 0.3 is 0 Å². The number of pyridine rings is 1. The van der Waals surface area contributed by atoms with Crippen molar-refractivity contribution in [2.24, 2.45) is 0 Å². The number of rotatable bonds is 2. The Morgan fingerprint density at radius 1 is 1.19 bits per heavy atom. The van der Waals surface area contributed by atoms with E-state index in [9.17, 15) is 4.79 Å². The number of fused-ring (bicyclic) bond motifs is 1. The van der Waals surface area contributed by atoms with Crippen LogP contribution >= 0.6 is 0 Å². The predicted octanol–water partition coefficient (Wildman–Crippen LogP) is 2.26. The average Bonchev–Trinajstić information content (AvgIpc) is 3.05. The van der Waals surface area contributed by atoms with Gasteiger partial charge in [0.2, 0.25) is 0 Å². The highest BCUT2D eigenvalue weighted by Crippen LogP contribution is 2.23. The molecule has 1 amide bonds. The molecule has 0 aromatic carbocycles. The topological polar surface area (TPSA) is 72.6 Å². The van der Waals surface area contributed by atoms with Crippen LogP contribution in [0.5, 0.6) is 0 Å². The first-order valence-electron chi connectivity index (χ1n) is 8.69. The number of carbonyl (C=O) groups is 1. The summed E-state index contributed by atoms with van der Waals surface area (Å²) in [5.74, 6) is -0.0911. The largest absolute Gasteiger partial charge is 0.370 e. The van der Waals surface area contributed by atoms with Gasteiger partial charge in [0.1, 0.15) is 6.10 Å². The zero-order valence-electron chi connectivity index (χ0n) is 15.1. The van der Waals surface area contributed by atoms with E-state index in [4.69, 9.17) is 4.74 Å². The van der Waals surface area contributed by atoms with E-state index in [0.717, 1.165) is 22.6 Å². The molecule has 0 saturated carbocycles. The summed E-state index contributed by atoms with van der Waals surface area (Å²) in [6.07, 6.45) is 1.63. The summed E-state index contributed by atoms with van der Waals surface area (Å²) in [5, 5.41) is 4.45. The van der Waals surface area contributed by atoms with Crippen molar-refractivity contribution in [3.63, 3.8) is 0 Å². The predicted molar refractivity (Wildman–Crippen MR) is 96.0 cm³/mol. The molecule has 1 atom stereocenters. The molecular weight excluding hydrogens is 330 g/mol. The number of aryl methyl sites for hydroxylation is 3. The van der Waals surface area contributed by atoms with E-state index in [0.29, 0.717) is 31.0 Å². The molecule has 4 heterocycles. The monoisotopic (exact) mass is 351 g/mol. The van der Waals surface area contributed by atoms with E-state index in [-0.39, 0.29) is 12.0 Å². The van der Waals surface area contributed by atoms with Gasteiger partial charge in [-0.1, -0.05) is 0 Å². The highest BCUT2D eigenvalue weighted by molar-refractivity contribution is 5.93. The third kappa shape index (κ3) is 3.06. The van der Waals surface area contributed by atoms with Crippen molar-refractivity contribution in [1.82, 2.24) is 24.5 Å². The first-order valence-corrected chi connectivity index (χ1v) is 8.69. The third-order valence-electron chi connectivity index (χ3n) is 4.60. The van der Waals surface area contributed by atoms with E-state index in [1.54, 1.807) is 21.7 Å². The van der Waals surface area contributed by atoms with Crippen LogP contribution in [0.15, 0.2) is 30.5 Å². The first-order chi connectivity index (χ1) is 12.5. The number of aromatic nitrogens is 4. The standard InChI is InChI=1S/C19H21N5O2/c1-12-9-15(4-5-20-12)17-11-23(6-7-26-17)19(25)16-10-18-21-13(2)8-14(3)24(18)22-16/h4-5,8-10,17H,6-7,11H2,1-3H3. The first kappa shape index (κ1) is 16.7. The molecule has 1 unspecified atom stereocenters. The Labute approximate surface area is 151 Å². The van der Waals surface area contributed by atoms with Crippen LogP contribution in [0.1, 0.15) is 39.2 Å². The SMILES string of the molecule is Cc1cc(C2CN(C(=O)c3cc4nc(C)cc(C)n4n3)CCO2)ccn1. The van der Waals surface area contributed by atoms with Crippen molar-refractivity contribution >= 4 is 11.6 Å². The summed E-state index contributed by atoms with van der Waals surface area (Å²) >= 11 is 0. The maximum absolute atomic E-state index is 13.0. The van der Waals surface area contributed by atoms with Crippen LogP contribution < -0.4 is 0 Å². The van der Waals surface area contributed by atoms with Crippen molar-refractivity contribution in [2.75, 3.05) is 19.7 Å². The van der Waals surface area contributed by atoms with Crippen LogP contribution in [0.25, 0.3) is 5.65 Å². The van der Waals surface area contributed by atoms with Crippen LogP contribution in [0.3, 0.4) is 0 Å². The van der Waals surface area contributed by atoms with E-state index in [1.807, 2.05) is 39.0 Å². The molecule has 0 bridgehead atoms. The molecule has 7 heteroatoms. The molecule has 1 aliphatic heterocycles. The van der Waals surface area contributed by atoms with E-state index in [2.05, 4.69) is 15.1 Å². The van der Waals surface area contributed by atoms with Crippen LogP contribution in [0.4, 0.5) is 0 Å². The lowest BCUT2D eigenvalue weighted by Gasteiger charge is -2.32. The van der Waals surface area contributed by atoms with Crippen molar-refractivity contribution in [2.45, 2.75) is 26.9 Å². The zero-order chi connectivity index (χ0) is 18.3. The van der Waals surface area contributed by atoms with E-state index < -0.39 is 0 Å². The Kier molecular flexibility index (Phi) is 4.16. The Hall–Kier alpha value is -2.80. The smallest absolute Gasteiger partial charge is 0.274 e. The second-order valence-corrected chi connectivity index (χ2v) is 6.68. The third-order valence-corrected chi connectivity index (χ3v) is 4.60. The summed E-state index contributed by atoms with van der Waals surface area (Å²) in [6.45, 7) is 7.40. The molecular formula is C19H21N5O2. The quantitative estimate of drug-likeness (QED) is 0.708. The Morgan fingerprint density at radius 3 is 2.85 bits per heavy atom. The number of amides is 1. The molecule has 7 nitrogen and oxygen atoms in total. The molecule has 0 radical (unpaired) electrons. The second-order valence-electron chi connectivity index (χ2n) is 6.68. The number of morpholine rings is 1. The van der Waals surface area contributed by atoms with Gasteiger partial charge in [-0.2, -0.15) is 5.10 Å². The molecule has 0 aliphatic carbocycles. The number of ether oxygens (including phenoxy) is 1. The average molecular weight is 351 g/mol. The molecule has 0 spiro atoms. The summed E-state index contributed by atoms with van der Waals surface area (Å²) in [5.41, 5.74) is 4.95. The molecule has 3 aromatic heterocycles. The molecule has 134 valence electrons. The highest BCUT2D eigenvalue weighted by Gasteiger charge is 2.28. The lowest BCUT2D eigenvalue weighted by molar-refractivity contribution is -0.0230. The minimum Gasteiger partial charge on any atom is -0.370 e. The minimum atomic E-state index is -0.145. The Bertz CT molecular complexity index is 981. The number of hydrogen-bond donors (Lipinski definition) is 0. The molecule has 0 N–H and O–H groups in total. The molecule has 1 aliphatic rings. The van der Waals surface area contributed by atoms with Crippen molar-refractivity contribution < 1.29 is 9.53 Å². The summed E-state index contributed by atoms with van der Waals surface area (Å²) in [6, 6.07) is 7.64. The lowest BCUT2D eigenvalue weighted by atomic mass is 10.1. The molecule has 1 saturated heterocycles. The van der Waals surface area contributed by atoms with Crippen LogP contribution in [0, 0.1) is 20.8 Å². The van der Waals surface area contributed by atoms with Gasteiger partial charge in [0.15, 0.2) is 11.3 Å². The second kappa shape index (κ2) is 6.49. The number of hydrogen-bond acceptors (Lipinski definition) is 5. The fourth-order valence-electron chi connectivity index (χ4n) is 3.36. The molecule has 26 heavy (non-hydrogen) atoms. The zero-order valence-corrected chi connectivity index (χ0v) is 15.1. The maximum atomic E-state index is 13.0. The number of carbonyl (C=O) groups excluding carboxylic acids is 1. The van der Waals surface area contributed by atoms with Gasteiger partial charge in [0.25, 0.3) is 5.91 Å². The van der Waals surface area contributed by atoms with Gasteiger partial charge in [-0.3, -0.25) is 9.78 Å². The molecule has 4 rings (SSSR count). The van der Waals surface area contributed by atoms with Gasteiger partial charge in [-0.25, -0.2) is 9.50 Å². The van der Waals surface area contributed by atoms with Gasteiger partial charge in [0.05, 0.1) is 13.2 Å². The maximum Gasteiger partial charge on any atom is 0.274 e. The lowest BCUT2D eigenvalue weighted by Crippen LogP contribution is -2.42. The summed E-state index contributed by atoms with van der Waals surface area (Å²) in [4.78, 5) is 23.4. The normalized spacial score (nSPS) is 17.7. The van der Waals surface area contributed by atoms with Crippen molar-refractivity contribution in [3.05, 3.63) is 58.8 Å². The van der Waals surface area contributed by atoms with E-state index >= 15 is 0 Å². The van der Waals surface area contributed by atoms with Crippen LogP contribution in [-0.2, 0) is 4.74 Å². The molecule has 3 aromatic rings. The van der Waals surface area contributed by atoms with Gasteiger partial charge in [0, 0.05) is 35.9 Å². The minimum absolute atomic E-state index is 0.0911.